The Labute approximate surface area is 204 Å². The number of hydrogen-bond acceptors (Lipinski definition) is 5. The lowest BCUT2D eigenvalue weighted by molar-refractivity contribution is -0.113. The van der Waals surface area contributed by atoms with Crippen LogP contribution in [0.2, 0.25) is 10.0 Å². The topological polar surface area (TPSA) is 73.2 Å². The number of ether oxygens (including phenoxy) is 1. The second-order valence-electron chi connectivity index (χ2n) is 6.89. The van der Waals surface area contributed by atoms with Crippen LogP contribution in [0.5, 0.6) is 5.75 Å². The maximum absolute atomic E-state index is 13.4. The van der Waals surface area contributed by atoms with Crippen molar-refractivity contribution in [3.05, 3.63) is 87.1 Å². The van der Waals surface area contributed by atoms with Crippen molar-refractivity contribution in [2.24, 2.45) is 0 Å². The largest absolute Gasteiger partial charge is 0.492 e. The second-order valence-corrected chi connectivity index (χ2v) is 8.64. The molecule has 0 saturated carbocycles. The summed E-state index contributed by atoms with van der Waals surface area (Å²) in [6.07, 6.45) is 0. The van der Waals surface area contributed by atoms with E-state index in [2.05, 4.69) is 10.3 Å². The highest BCUT2D eigenvalue weighted by atomic mass is 35.5. The third-order valence-corrected chi connectivity index (χ3v) is 6.28. The van der Waals surface area contributed by atoms with Gasteiger partial charge in [-0.3, -0.25) is 14.2 Å². The summed E-state index contributed by atoms with van der Waals surface area (Å²) < 4.78 is 7.22. The molecule has 4 rings (SSSR count). The molecule has 0 spiro atoms. The molecule has 0 fully saturated rings. The number of hydrogen-bond donors (Lipinski definition) is 1. The van der Waals surface area contributed by atoms with Crippen molar-refractivity contribution in [2.45, 2.75) is 12.1 Å². The van der Waals surface area contributed by atoms with Gasteiger partial charge < -0.3 is 10.1 Å². The molecule has 0 atom stereocenters. The summed E-state index contributed by atoms with van der Waals surface area (Å²) in [6, 6.07) is 19.3. The molecule has 1 amide bonds. The number of carbonyl (C=O) groups excluding carboxylic acids is 1. The molecule has 0 unspecified atom stereocenters. The summed E-state index contributed by atoms with van der Waals surface area (Å²) in [5, 5.41) is 4.25. The Morgan fingerprint density at radius 2 is 1.73 bits per heavy atom. The normalized spacial score (nSPS) is 10.9. The highest BCUT2D eigenvalue weighted by molar-refractivity contribution is 7.99. The van der Waals surface area contributed by atoms with Crippen molar-refractivity contribution in [3.8, 4) is 11.4 Å². The van der Waals surface area contributed by atoms with Crippen LogP contribution in [0.3, 0.4) is 0 Å². The van der Waals surface area contributed by atoms with E-state index in [1.54, 1.807) is 48.5 Å². The van der Waals surface area contributed by atoms with E-state index in [4.69, 9.17) is 27.9 Å². The number of amides is 1. The van der Waals surface area contributed by atoms with Crippen LogP contribution in [0.4, 0.5) is 5.69 Å². The first-order valence-corrected chi connectivity index (χ1v) is 11.8. The van der Waals surface area contributed by atoms with Crippen molar-refractivity contribution in [3.63, 3.8) is 0 Å². The van der Waals surface area contributed by atoms with E-state index in [9.17, 15) is 9.59 Å². The van der Waals surface area contributed by atoms with Gasteiger partial charge in [-0.2, -0.15) is 0 Å². The number of carbonyl (C=O) groups is 1. The summed E-state index contributed by atoms with van der Waals surface area (Å²) in [4.78, 5) is 30.8. The Morgan fingerprint density at radius 3 is 2.48 bits per heavy atom. The molecular formula is C24H19Cl2N3O3S. The van der Waals surface area contributed by atoms with E-state index in [1.165, 1.54) is 4.57 Å². The Hall–Kier alpha value is -3.00. The highest BCUT2D eigenvalue weighted by Crippen LogP contribution is 2.31. The molecular weight excluding hydrogens is 481 g/mol. The lowest BCUT2D eigenvalue weighted by Gasteiger charge is -2.16. The minimum atomic E-state index is -0.331. The second kappa shape index (κ2) is 10.3. The van der Waals surface area contributed by atoms with Gasteiger partial charge in [0, 0.05) is 0 Å². The van der Waals surface area contributed by atoms with Crippen LogP contribution in [0.25, 0.3) is 16.6 Å². The molecule has 0 aliphatic rings. The molecule has 6 nitrogen and oxygen atoms in total. The molecule has 33 heavy (non-hydrogen) atoms. The predicted octanol–water partition coefficient (Wildman–Crippen LogP) is 5.82. The van der Waals surface area contributed by atoms with E-state index in [-0.39, 0.29) is 17.2 Å². The van der Waals surface area contributed by atoms with E-state index in [0.29, 0.717) is 49.8 Å². The van der Waals surface area contributed by atoms with Gasteiger partial charge in [-0.25, -0.2) is 4.98 Å². The Morgan fingerprint density at radius 1 is 1.03 bits per heavy atom. The van der Waals surface area contributed by atoms with Crippen molar-refractivity contribution >= 4 is 57.5 Å². The summed E-state index contributed by atoms with van der Waals surface area (Å²) in [5.74, 6) is 0.207. The maximum atomic E-state index is 13.4. The first-order chi connectivity index (χ1) is 16.0. The van der Waals surface area contributed by atoms with Gasteiger partial charge in [0.25, 0.3) is 5.56 Å². The number of rotatable bonds is 7. The van der Waals surface area contributed by atoms with Gasteiger partial charge in [-0.15, -0.1) is 0 Å². The van der Waals surface area contributed by atoms with E-state index < -0.39 is 0 Å². The van der Waals surface area contributed by atoms with Gasteiger partial charge >= 0.3 is 0 Å². The number of aromatic nitrogens is 2. The molecule has 0 saturated heterocycles. The molecule has 1 heterocycles. The molecule has 9 heteroatoms. The maximum Gasteiger partial charge on any atom is 0.266 e. The molecule has 0 bridgehead atoms. The quantitative estimate of drug-likeness (QED) is 0.256. The van der Waals surface area contributed by atoms with Crippen LogP contribution in [-0.2, 0) is 4.79 Å². The lowest BCUT2D eigenvalue weighted by atomic mass is 10.2. The van der Waals surface area contributed by atoms with E-state index in [1.807, 2.05) is 25.1 Å². The molecule has 4 aromatic rings. The van der Waals surface area contributed by atoms with E-state index >= 15 is 0 Å². The molecule has 168 valence electrons. The molecule has 0 aliphatic carbocycles. The van der Waals surface area contributed by atoms with Crippen LogP contribution < -0.4 is 15.6 Å². The Kier molecular flexibility index (Phi) is 7.23. The minimum Gasteiger partial charge on any atom is -0.492 e. The third-order valence-electron chi connectivity index (χ3n) is 4.71. The van der Waals surface area contributed by atoms with Crippen molar-refractivity contribution in [1.82, 2.24) is 9.55 Å². The summed E-state index contributed by atoms with van der Waals surface area (Å²) in [7, 11) is 0. The molecule has 1 aromatic heterocycles. The van der Waals surface area contributed by atoms with Gasteiger partial charge in [-0.1, -0.05) is 65.3 Å². The lowest BCUT2D eigenvalue weighted by Crippen LogP contribution is -2.23. The number of nitrogens with one attached hydrogen (secondary N) is 1. The summed E-state index contributed by atoms with van der Waals surface area (Å²) in [5.41, 5.74) is 1.20. The zero-order valence-corrected chi connectivity index (χ0v) is 19.9. The fourth-order valence-corrected chi connectivity index (χ4v) is 4.56. The van der Waals surface area contributed by atoms with Gasteiger partial charge in [-0.05, 0) is 43.3 Å². The molecule has 3 aromatic carbocycles. The van der Waals surface area contributed by atoms with Gasteiger partial charge in [0.2, 0.25) is 5.91 Å². The average molecular weight is 500 g/mol. The number of nitrogens with zero attached hydrogens (tertiary/aromatic N) is 2. The monoisotopic (exact) mass is 499 g/mol. The molecule has 1 N–H and O–H groups in total. The summed E-state index contributed by atoms with van der Waals surface area (Å²) in [6.45, 7) is 2.31. The SMILES string of the molecule is CCOc1ccccc1-n1c(SCC(=O)Nc2c(Cl)cccc2Cl)nc2ccccc2c1=O. The average Bonchev–Trinajstić information content (AvgIpc) is 2.81. The number of thioether (sulfide) groups is 1. The molecule has 0 radical (unpaired) electrons. The third kappa shape index (κ3) is 5.00. The minimum absolute atomic E-state index is 0.0108. The number of anilines is 1. The highest BCUT2D eigenvalue weighted by Gasteiger charge is 2.18. The van der Waals surface area contributed by atoms with Crippen LogP contribution in [0.15, 0.2) is 76.7 Å². The fraction of sp³-hybridized carbons (Fsp3) is 0.125. The number of para-hydroxylation sites is 4. The smallest absolute Gasteiger partial charge is 0.266 e. The van der Waals surface area contributed by atoms with E-state index in [0.717, 1.165) is 11.8 Å². The van der Waals surface area contributed by atoms with Crippen LogP contribution in [0, 0.1) is 0 Å². The summed E-state index contributed by atoms with van der Waals surface area (Å²) >= 11 is 13.4. The zero-order chi connectivity index (χ0) is 23.4. The standard InChI is InChI=1S/C24H19Cl2N3O3S/c1-2-32-20-13-6-5-12-19(20)29-23(31)15-8-3-4-11-18(15)27-24(29)33-14-21(30)28-22-16(25)9-7-10-17(22)26/h3-13H,2,14H2,1H3,(H,28,30). The first kappa shape index (κ1) is 23.2. The fourth-order valence-electron chi connectivity index (χ4n) is 3.26. The van der Waals surface area contributed by atoms with Crippen molar-refractivity contribution in [1.29, 1.82) is 0 Å². The molecule has 0 aliphatic heterocycles. The Balaban J connectivity index is 1.72. The van der Waals surface area contributed by atoms with Gasteiger partial charge in [0.1, 0.15) is 5.75 Å². The Bertz CT molecular complexity index is 1370. The first-order valence-electron chi connectivity index (χ1n) is 10.1. The van der Waals surface area contributed by atoms with Crippen LogP contribution in [-0.4, -0.2) is 27.8 Å². The van der Waals surface area contributed by atoms with Gasteiger partial charge in [0.15, 0.2) is 5.16 Å². The number of halogens is 2. The van der Waals surface area contributed by atoms with Gasteiger partial charge in [0.05, 0.1) is 44.7 Å². The van der Waals surface area contributed by atoms with Crippen LogP contribution in [0.1, 0.15) is 6.92 Å². The van der Waals surface area contributed by atoms with Crippen molar-refractivity contribution < 1.29 is 9.53 Å². The predicted molar refractivity (Wildman–Crippen MR) is 134 cm³/mol. The zero-order valence-electron chi connectivity index (χ0n) is 17.5. The van der Waals surface area contributed by atoms with Crippen LogP contribution >= 0.6 is 35.0 Å². The number of fused-ring (bicyclic) bond motifs is 1. The van der Waals surface area contributed by atoms with Crippen molar-refractivity contribution in [2.75, 3.05) is 17.7 Å². The number of benzene rings is 3.